The van der Waals surface area contributed by atoms with Crippen LogP contribution in [0.1, 0.15) is 58.6 Å². The average Bonchev–Trinajstić information content (AvgIpc) is 3.69. The minimum atomic E-state index is -0.561. The van der Waals surface area contributed by atoms with Crippen LogP contribution in [-0.2, 0) is 17.8 Å². The molecule has 0 radical (unpaired) electrons. The monoisotopic (exact) mass is 559 g/mol. The van der Waals surface area contributed by atoms with Gasteiger partial charge in [0.2, 0.25) is 5.91 Å². The van der Waals surface area contributed by atoms with E-state index < -0.39 is 12.4 Å². The van der Waals surface area contributed by atoms with E-state index in [1.807, 2.05) is 17.0 Å². The zero-order valence-corrected chi connectivity index (χ0v) is 23.1. The van der Waals surface area contributed by atoms with Gasteiger partial charge in [0.25, 0.3) is 5.91 Å². The van der Waals surface area contributed by atoms with Crippen molar-refractivity contribution in [3.05, 3.63) is 77.4 Å². The molecule has 0 unspecified atom stereocenters. The van der Waals surface area contributed by atoms with Gasteiger partial charge in [-0.25, -0.2) is 14.4 Å². The molecule has 2 amide bonds. The van der Waals surface area contributed by atoms with Crippen LogP contribution in [0.3, 0.4) is 0 Å². The molecule has 10 heteroatoms. The minimum absolute atomic E-state index is 0.0764. The summed E-state index contributed by atoms with van der Waals surface area (Å²) in [7, 11) is 1.42. The van der Waals surface area contributed by atoms with Gasteiger partial charge in [0, 0.05) is 36.3 Å². The molecule has 3 heterocycles. The number of rotatable bonds is 6. The molecule has 3 N–H and O–H groups in total. The summed E-state index contributed by atoms with van der Waals surface area (Å²) in [6.07, 6.45) is 7.98. The second kappa shape index (κ2) is 12.1. The summed E-state index contributed by atoms with van der Waals surface area (Å²) in [6.45, 7) is 5.22. The second-order valence-electron chi connectivity index (χ2n) is 10.4. The normalized spacial score (nSPS) is 16.1. The van der Waals surface area contributed by atoms with Crippen LogP contribution in [-0.4, -0.2) is 58.5 Å². The number of nitrogen functional groups attached to an aromatic ring is 1. The number of ether oxygens (including phenoxy) is 1. The van der Waals surface area contributed by atoms with E-state index in [9.17, 15) is 19.1 Å². The Balaban J connectivity index is 0.000000321. The molecular formula is C31H34FN5O4. The number of nitrogens with zero attached hydrogens (tertiary/aromatic N) is 4. The van der Waals surface area contributed by atoms with Crippen molar-refractivity contribution >= 4 is 23.3 Å². The number of benzene rings is 2. The van der Waals surface area contributed by atoms with Crippen LogP contribution in [0.15, 0.2) is 49.3 Å². The maximum absolute atomic E-state index is 14.8. The van der Waals surface area contributed by atoms with E-state index >= 15 is 0 Å². The van der Waals surface area contributed by atoms with E-state index in [1.54, 1.807) is 0 Å². The Hall–Kier alpha value is -4.31. The van der Waals surface area contributed by atoms with Crippen LogP contribution in [0.2, 0.25) is 0 Å². The number of aromatic nitrogens is 2. The van der Waals surface area contributed by atoms with Crippen molar-refractivity contribution in [2.45, 2.75) is 44.6 Å². The third-order valence-corrected chi connectivity index (χ3v) is 7.78. The summed E-state index contributed by atoms with van der Waals surface area (Å²) < 4.78 is 20.1. The van der Waals surface area contributed by atoms with Gasteiger partial charge in [0.15, 0.2) is 11.6 Å². The number of anilines is 2. The lowest BCUT2D eigenvalue weighted by Crippen LogP contribution is -2.38. The number of aliphatic hydroxyl groups is 1. The number of amides is 2. The number of carbonyl (C=O) groups excluding carboxylic acids is 2. The van der Waals surface area contributed by atoms with E-state index in [2.05, 4.69) is 22.6 Å². The Kier molecular flexibility index (Phi) is 8.30. The first-order valence-corrected chi connectivity index (χ1v) is 13.8. The van der Waals surface area contributed by atoms with Crippen LogP contribution in [0.25, 0.3) is 11.3 Å². The van der Waals surface area contributed by atoms with Crippen molar-refractivity contribution in [1.82, 2.24) is 14.9 Å². The number of fused-ring (bicyclic) bond motifs is 1. The lowest BCUT2D eigenvalue weighted by Gasteiger charge is -2.31. The molecule has 41 heavy (non-hydrogen) atoms. The van der Waals surface area contributed by atoms with E-state index in [1.165, 1.54) is 55.0 Å². The predicted octanol–water partition coefficient (Wildman–Crippen LogP) is 4.24. The van der Waals surface area contributed by atoms with Crippen molar-refractivity contribution < 1.29 is 23.8 Å². The average molecular weight is 560 g/mol. The Morgan fingerprint density at radius 3 is 2.59 bits per heavy atom. The summed E-state index contributed by atoms with van der Waals surface area (Å²) in [5.41, 5.74) is 10.0. The third kappa shape index (κ3) is 5.78. The molecule has 0 atom stereocenters. The summed E-state index contributed by atoms with van der Waals surface area (Å²) in [6, 6.07) is 8.53. The molecule has 9 nitrogen and oxygen atoms in total. The Bertz CT molecular complexity index is 1480. The first-order chi connectivity index (χ1) is 19.9. The van der Waals surface area contributed by atoms with Crippen LogP contribution in [0, 0.1) is 5.82 Å². The number of halogens is 1. The van der Waals surface area contributed by atoms with Gasteiger partial charge < -0.3 is 25.4 Å². The summed E-state index contributed by atoms with van der Waals surface area (Å²) in [5, 5.41) is 10.2. The molecule has 214 valence electrons. The van der Waals surface area contributed by atoms with E-state index in [0.29, 0.717) is 41.3 Å². The number of carbonyl (C=O) groups is 2. The van der Waals surface area contributed by atoms with Crippen LogP contribution in [0.5, 0.6) is 5.75 Å². The number of hydrogen-bond acceptors (Lipinski definition) is 7. The molecule has 1 aliphatic carbocycles. The van der Waals surface area contributed by atoms with Crippen molar-refractivity contribution in [2.75, 3.05) is 37.4 Å². The van der Waals surface area contributed by atoms with Gasteiger partial charge in [0.05, 0.1) is 19.4 Å². The van der Waals surface area contributed by atoms with Crippen molar-refractivity contribution in [3.63, 3.8) is 0 Å². The Morgan fingerprint density at radius 1 is 1.17 bits per heavy atom. The van der Waals surface area contributed by atoms with Gasteiger partial charge in [0.1, 0.15) is 17.8 Å². The van der Waals surface area contributed by atoms with E-state index in [4.69, 9.17) is 10.5 Å². The van der Waals surface area contributed by atoms with E-state index in [-0.39, 0.29) is 29.1 Å². The maximum Gasteiger partial charge on any atom is 0.258 e. The molecule has 6 rings (SSSR count). The zero-order chi connectivity index (χ0) is 29.1. The van der Waals surface area contributed by atoms with Crippen molar-refractivity contribution in [3.8, 4) is 17.0 Å². The molecule has 2 aromatic carbocycles. The zero-order valence-electron chi connectivity index (χ0n) is 23.1. The minimum Gasteiger partial charge on any atom is -0.491 e. The van der Waals surface area contributed by atoms with Gasteiger partial charge >= 0.3 is 0 Å². The topological polar surface area (TPSA) is 122 Å². The van der Waals surface area contributed by atoms with Gasteiger partial charge in [-0.1, -0.05) is 18.7 Å². The predicted molar refractivity (Wildman–Crippen MR) is 154 cm³/mol. The summed E-state index contributed by atoms with van der Waals surface area (Å²) in [4.78, 5) is 35.7. The highest BCUT2D eigenvalue weighted by atomic mass is 19.1. The van der Waals surface area contributed by atoms with Crippen molar-refractivity contribution in [2.24, 2.45) is 0 Å². The number of hydrogen-bond donors (Lipinski definition) is 2. The highest BCUT2D eigenvalue weighted by Gasteiger charge is 2.31. The van der Waals surface area contributed by atoms with Crippen molar-refractivity contribution in [1.29, 1.82) is 0 Å². The smallest absolute Gasteiger partial charge is 0.258 e. The third-order valence-electron chi connectivity index (χ3n) is 7.78. The number of aliphatic hydroxyl groups excluding tert-OH is 1. The van der Waals surface area contributed by atoms with Gasteiger partial charge in [-0.2, -0.15) is 0 Å². The highest BCUT2D eigenvalue weighted by Crippen LogP contribution is 2.42. The standard InChI is InChI=1S/C24H23FN4O3.C7H11NO/c1-32-22-21(27-12-28-23(22)26)18-9-16(25)10-20(19(18)11-30)29-7-6-15-8-14(13-2-3-13)4-5-17(15)24(29)31;1-2-7(9)8-5-3-4-6-8/h4-5,8-10,12-13,30H,2-3,6-7,11H2,1H3,(H2,26,27,28);2H,1,3-6H2. The molecule has 0 spiro atoms. The fourth-order valence-electron chi connectivity index (χ4n) is 5.50. The molecule has 2 aliphatic heterocycles. The SMILES string of the molecule is C=CC(=O)N1CCCC1.COc1c(N)ncnc1-c1cc(F)cc(N2CCc3cc(C4CC4)ccc3C2=O)c1CO. The van der Waals surface area contributed by atoms with Gasteiger partial charge in [-0.15, -0.1) is 0 Å². The molecule has 0 bridgehead atoms. The molecule has 1 saturated carbocycles. The first kappa shape index (κ1) is 28.2. The molecule has 2 fully saturated rings. The van der Waals surface area contributed by atoms with Crippen LogP contribution >= 0.6 is 0 Å². The lowest BCUT2D eigenvalue weighted by molar-refractivity contribution is -0.124. The molecule has 1 aromatic heterocycles. The summed E-state index contributed by atoms with van der Waals surface area (Å²) >= 11 is 0. The Labute approximate surface area is 238 Å². The van der Waals surface area contributed by atoms with E-state index in [0.717, 1.165) is 31.5 Å². The number of nitrogens with two attached hydrogens (primary N) is 1. The highest BCUT2D eigenvalue weighted by molar-refractivity contribution is 6.09. The van der Waals surface area contributed by atoms with Crippen LogP contribution in [0.4, 0.5) is 15.9 Å². The number of likely N-dealkylation sites (tertiary alicyclic amines) is 1. The maximum atomic E-state index is 14.8. The second-order valence-corrected chi connectivity index (χ2v) is 10.4. The van der Waals surface area contributed by atoms with Crippen LogP contribution < -0.4 is 15.4 Å². The molecule has 3 aliphatic rings. The summed E-state index contributed by atoms with van der Waals surface area (Å²) in [5.74, 6) is 0.189. The fourth-order valence-corrected chi connectivity index (χ4v) is 5.50. The quantitative estimate of drug-likeness (QED) is 0.433. The molecule has 1 saturated heterocycles. The number of methoxy groups -OCH3 is 1. The fraction of sp³-hybridized carbons (Fsp3) is 0.355. The van der Waals surface area contributed by atoms with Gasteiger partial charge in [-0.05, 0) is 73.4 Å². The Morgan fingerprint density at radius 2 is 1.93 bits per heavy atom. The first-order valence-electron chi connectivity index (χ1n) is 13.8. The largest absolute Gasteiger partial charge is 0.491 e. The molecular weight excluding hydrogens is 525 g/mol. The van der Waals surface area contributed by atoms with Gasteiger partial charge in [-0.3, -0.25) is 9.59 Å². The lowest BCUT2D eigenvalue weighted by atomic mass is 9.93. The molecule has 3 aromatic rings.